The Kier molecular flexibility index (Phi) is 6.30. The summed E-state index contributed by atoms with van der Waals surface area (Å²) >= 11 is 0. The number of nitro benzene ring substituents is 1. The largest absolute Gasteiger partial charge is 0.339 e. The molecular weight excluding hydrogens is 270 g/mol. The summed E-state index contributed by atoms with van der Waals surface area (Å²) in [6, 6.07) is 6.17. The van der Waals surface area contributed by atoms with Crippen LogP contribution in [-0.2, 0) is 4.79 Å². The van der Waals surface area contributed by atoms with Gasteiger partial charge in [-0.1, -0.05) is 25.5 Å². The first-order valence-electron chi connectivity index (χ1n) is 7.10. The molecule has 1 aromatic rings. The van der Waals surface area contributed by atoms with Crippen molar-refractivity contribution in [3.63, 3.8) is 0 Å². The zero-order valence-electron chi connectivity index (χ0n) is 12.8. The number of benzene rings is 1. The van der Waals surface area contributed by atoms with Crippen molar-refractivity contribution in [2.75, 3.05) is 13.6 Å². The second-order valence-corrected chi connectivity index (χ2v) is 5.25. The van der Waals surface area contributed by atoms with Crippen LogP contribution in [0, 0.1) is 16.0 Å². The number of carbonyl (C=O) groups excluding carboxylic acids is 1. The molecule has 21 heavy (non-hydrogen) atoms. The number of rotatable bonds is 7. The third kappa shape index (κ3) is 4.53. The highest BCUT2D eigenvalue weighted by molar-refractivity contribution is 5.76. The van der Waals surface area contributed by atoms with E-state index in [1.165, 1.54) is 12.1 Å². The quantitative estimate of drug-likeness (QED) is 0.617. The van der Waals surface area contributed by atoms with E-state index in [-0.39, 0.29) is 23.6 Å². The topological polar surface area (TPSA) is 89.5 Å². The molecule has 2 atom stereocenters. The molecule has 2 N–H and O–H groups in total. The fraction of sp³-hybridized carbons (Fsp3) is 0.533. The summed E-state index contributed by atoms with van der Waals surface area (Å²) in [6.07, 6.45) is 1.27. The Morgan fingerprint density at radius 1 is 1.48 bits per heavy atom. The Morgan fingerprint density at radius 2 is 2.14 bits per heavy atom. The lowest BCUT2D eigenvalue weighted by atomic mass is 10.0. The van der Waals surface area contributed by atoms with E-state index in [9.17, 15) is 14.9 Å². The van der Waals surface area contributed by atoms with E-state index in [1.807, 2.05) is 13.8 Å². The molecule has 0 saturated carbocycles. The first-order valence-corrected chi connectivity index (χ1v) is 7.10. The van der Waals surface area contributed by atoms with Gasteiger partial charge in [-0.05, 0) is 24.9 Å². The summed E-state index contributed by atoms with van der Waals surface area (Å²) in [7, 11) is 1.72. The Labute approximate surface area is 125 Å². The van der Waals surface area contributed by atoms with Gasteiger partial charge in [-0.25, -0.2) is 0 Å². The summed E-state index contributed by atoms with van der Waals surface area (Å²) in [5.41, 5.74) is 6.41. The van der Waals surface area contributed by atoms with Gasteiger partial charge in [0.05, 0.1) is 11.0 Å². The van der Waals surface area contributed by atoms with Gasteiger partial charge >= 0.3 is 0 Å². The molecule has 0 aliphatic rings. The molecule has 0 aliphatic carbocycles. The number of nitrogens with zero attached hydrogens (tertiary/aromatic N) is 2. The number of hydrogen-bond acceptors (Lipinski definition) is 4. The molecule has 6 nitrogen and oxygen atoms in total. The summed E-state index contributed by atoms with van der Waals surface area (Å²) < 4.78 is 0. The van der Waals surface area contributed by atoms with Gasteiger partial charge in [-0.15, -0.1) is 0 Å². The molecule has 1 amide bonds. The maximum atomic E-state index is 12.2. The molecular formula is C15H23N3O3. The summed E-state index contributed by atoms with van der Waals surface area (Å²) in [4.78, 5) is 24.2. The standard InChI is InChI=1S/C15H23N3O3/c1-4-12(10-16)8-15(19)17(3)11(2)13-6-5-7-14(9-13)18(20)21/h5-7,9,11-12H,4,8,10,16H2,1-3H3. The lowest BCUT2D eigenvalue weighted by Gasteiger charge is -2.26. The zero-order chi connectivity index (χ0) is 16.0. The first kappa shape index (κ1) is 17.1. The number of nitro groups is 1. The molecule has 1 rings (SSSR count). The van der Waals surface area contributed by atoms with E-state index < -0.39 is 4.92 Å². The lowest BCUT2D eigenvalue weighted by Crippen LogP contribution is -2.32. The highest BCUT2D eigenvalue weighted by atomic mass is 16.6. The van der Waals surface area contributed by atoms with Gasteiger partial charge in [0.1, 0.15) is 0 Å². The third-order valence-electron chi connectivity index (χ3n) is 3.91. The van der Waals surface area contributed by atoms with E-state index in [1.54, 1.807) is 24.1 Å². The fourth-order valence-electron chi connectivity index (χ4n) is 2.12. The van der Waals surface area contributed by atoms with Gasteiger partial charge in [0, 0.05) is 25.6 Å². The van der Waals surface area contributed by atoms with Crippen LogP contribution in [0.1, 0.15) is 38.3 Å². The van der Waals surface area contributed by atoms with Gasteiger partial charge in [0.25, 0.3) is 5.69 Å². The SMILES string of the molecule is CCC(CN)CC(=O)N(C)C(C)c1cccc([N+](=O)[O-])c1. The third-order valence-corrected chi connectivity index (χ3v) is 3.91. The highest BCUT2D eigenvalue weighted by Crippen LogP contribution is 2.24. The zero-order valence-corrected chi connectivity index (χ0v) is 12.8. The second kappa shape index (κ2) is 7.73. The van der Waals surface area contributed by atoms with Crippen LogP contribution >= 0.6 is 0 Å². The Morgan fingerprint density at radius 3 is 2.67 bits per heavy atom. The minimum Gasteiger partial charge on any atom is -0.339 e. The number of hydrogen-bond donors (Lipinski definition) is 1. The minimum absolute atomic E-state index is 0.00584. The normalized spacial score (nSPS) is 13.5. The van der Waals surface area contributed by atoms with Crippen molar-refractivity contribution in [3.05, 3.63) is 39.9 Å². The maximum absolute atomic E-state index is 12.2. The maximum Gasteiger partial charge on any atom is 0.269 e. The van der Waals surface area contributed by atoms with Crippen molar-refractivity contribution >= 4 is 11.6 Å². The molecule has 6 heteroatoms. The average Bonchev–Trinajstić information content (AvgIpc) is 2.50. The Bertz CT molecular complexity index is 501. The molecule has 0 bridgehead atoms. The molecule has 0 spiro atoms. The van der Waals surface area contributed by atoms with Gasteiger partial charge in [-0.2, -0.15) is 0 Å². The predicted molar refractivity (Wildman–Crippen MR) is 81.7 cm³/mol. The number of amides is 1. The van der Waals surface area contributed by atoms with Crippen LogP contribution in [-0.4, -0.2) is 29.3 Å². The lowest BCUT2D eigenvalue weighted by molar-refractivity contribution is -0.384. The monoisotopic (exact) mass is 293 g/mol. The van der Waals surface area contributed by atoms with E-state index in [0.717, 1.165) is 12.0 Å². The molecule has 0 radical (unpaired) electrons. The number of nitrogens with two attached hydrogens (primary N) is 1. The van der Waals surface area contributed by atoms with Gasteiger partial charge in [-0.3, -0.25) is 14.9 Å². The smallest absolute Gasteiger partial charge is 0.269 e. The van der Waals surface area contributed by atoms with E-state index in [0.29, 0.717) is 13.0 Å². The highest BCUT2D eigenvalue weighted by Gasteiger charge is 2.21. The molecule has 0 aliphatic heterocycles. The van der Waals surface area contributed by atoms with Crippen molar-refractivity contribution in [2.24, 2.45) is 11.7 Å². The van der Waals surface area contributed by atoms with Crippen molar-refractivity contribution in [2.45, 2.75) is 32.7 Å². The molecule has 1 aromatic carbocycles. The van der Waals surface area contributed by atoms with E-state index >= 15 is 0 Å². The van der Waals surface area contributed by atoms with Crippen LogP contribution in [0.5, 0.6) is 0 Å². The number of carbonyl (C=O) groups is 1. The van der Waals surface area contributed by atoms with Crippen LogP contribution < -0.4 is 5.73 Å². The van der Waals surface area contributed by atoms with Crippen LogP contribution in [0.25, 0.3) is 0 Å². The average molecular weight is 293 g/mol. The number of non-ortho nitro benzene ring substituents is 1. The minimum atomic E-state index is -0.431. The predicted octanol–water partition coefficient (Wildman–Crippen LogP) is 2.49. The Hall–Kier alpha value is -1.95. The molecule has 0 fully saturated rings. The fourth-order valence-corrected chi connectivity index (χ4v) is 2.12. The summed E-state index contributed by atoms with van der Waals surface area (Å²) in [6.45, 7) is 4.36. The molecule has 0 aromatic heterocycles. The van der Waals surface area contributed by atoms with E-state index in [2.05, 4.69) is 0 Å². The van der Waals surface area contributed by atoms with E-state index in [4.69, 9.17) is 5.73 Å². The van der Waals surface area contributed by atoms with Crippen LogP contribution in [0.3, 0.4) is 0 Å². The summed E-state index contributed by atoms with van der Waals surface area (Å²) in [5.74, 6) is 0.184. The van der Waals surface area contributed by atoms with Crippen LogP contribution in [0.4, 0.5) is 5.69 Å². The van der Waals surface area contributed by atoms with Crippen molar-refractivity contribution in [3.8, 4) is 0 Å². The van der Waals surface area contributed by atoms with Gasteiger partial charge in [0.2, 0.25) is 5.91 Å². The van der Waals surface area contributed by atoms with Crippen molar-refractivity contribution in [1.82, 2.24) is 4.90 Å². The van der Waals surface area contributed by atoms with Crippen LogP contribution in [0.15, 0.2) is 24.3 Å². The first-order chi connectivity index (χ1) is 9.90. The second-order valence-electron chi connectivity index (χ2n) is 5.25. The molecule has 0 saturated heterocycles. The van der Waals surface area contributed by atoms with Gasteiger partial charge in [0.15, 0.2) is 0 Å². The van der Waals surface area contributed by atoms with Crippen molar-refractivity contribution in [1.29, 1.82) is 0 Å². The molecule has 2 unspecified atom stereocenters. The molecule has 0 heterocycles. The molecule has 116 valence electrons. The Balaban J connectivity index is 2.82. The summed E-state index contributed by atoms with van der Waals surface area (Å²) in [5, 5.41) is 10.8. The van der Waals surface area contributed by atoms with Crippen molar-refractivity contribution < 1.29 is 9.72 Å². The van der Waals surface area contributed by atoms with Crippen LogP contribution in [0.2, 0.25) is 0 Å². The van der Waals surface area contributed by atoms with Gasteiger partial charge < -0.3 is 10.6 Å².